The number of nitrogens with zero attached hydrogens (tertiary/aromatic N) is 3. The Morgan fingerprint density at radius 1 is 1.10 bits per heavy atom. The Kier molecular flexibility index (Phi) is 7.04. The van der Waals surface area contributed by atoms with Gasteiger partial charge in [-0.2, -0.15) is 4.98 Å². The van der Waals surface area contributed by atoms with Crippen molar-refractivity contribution in [1.82, 2.24) is 14.3 Å². The third-order valence-corrected chi connectivity index (χ3v) is 8.35. The van der Waals surface area contributed by atoms with Crippen LogP contribution in [0.15, 0.2) is 64.4 Å². The van der Waals surface area contributed by atoms with E-state index in [0.717, 1.165) is 34.0 Å². The first-order valence-electron chi connectivity index (χ1n) is 13.1. The molecule has 0 unspecified atom stereocenters. The number of carbonyl (C=O) groups excluding carboxylic acids is 1. The summed E-state index contributed by atoms with van der Waals surface area (Å²) in [5.41, 5.74) is 4.00. The maximum Gasteiger partial charge on any atom is 0.269 e. The standard InChI is InChI=1S/C31H27N3O5S2/c1-17(2)21-9-7-18(3)12-24(21)39-28-22(29(35)33-11-5-6-19(4)27(33)32-28)14-26-30(36)34(31(40)41-26)15-20-8-10-23-25(13-20)38-16-37-23/h5-14,17H,15-16H2,1-4H3/b26-14+. The highest BCUT2D eigenvalue weighted by Gasteiger charge is 2.33. The number of aryl methyl sites for hydroxylation is 2. The Bertz CT molecular complexity index is 1830. The number of fused-ring (bicyclic) bond motifs is 2. The molecule has 0 spiro atoms. The maximum atomic E-state index is 13.8. The first-order valence-corrected chi connectivity index (χ1v) is 14.4. The number of thiocarbonyl (C=S) groups is 1. The average Bonchev–Trinajstić information content (AvgIpc) is 3.51. The van der Waals surface area contributed by atoms with E-state index in [0.29, 0.717) is 32.1 Å². The molecule has 1 fully saturated rings. The van der Waals surface area contributed by atoms with Gasteiger partial charge in [-0.05, 0) is 72.4 Å². The van der Waals surface area contributed by atoms with Crippen LogP contribution in [0.2, 0.25) is 0 Å². The zero-order valence-corrected chi connectivity index (χ0v) is 24.6. The Morgan fingerprint density at radius 2 is 1.90 bits per heavy atom. The molecule has 208 valence electrons. The summed E-state index contributed by atoms with van der Waals surface area (Å²) in [7, 11) is 0. The fourth-order valence-corrected chi connectivity index (χ4v) is 6.03. The summed E-state index contributed by atoms with van der Waals surface area (Å²) >= 11 is 6.72. The topological polar surface area (TPSA) is 82.4 Å². The molecule has 0 bridgehead atoms. The second-order valence-corrected chi connectivity index (χ2v) is 11.9. The van der Waals surface area contributed by atoms with E-state index in [1.807, 2.05) is 56.3 Å². The summed E-state index contributed by atoms with van der Waals surface area (Å²) in [6.07, 6.45) is 3.21. The number of carbonyl (C=O) groups is 1. The number of pyridine rings is 1. The number of rotatable bonds is 6. The van der Waals surface area contributed by atoms with Gasteiger partial charge in [0, 0.05) is 6.20 Å². The van der Waals surface area contributed by atoms with Crippen LogP contribution in [0.5, 0.6) is 23.1 Å². The number of thioether (sulfide) groups is 1. The Balaban J connectivity index is 1.41. The molecule has 6 rings (SSSR count). The monoisotopic (exact) mass is 585 g/mol. The van der Waals surface area contributed by atoms with Gasteiger partial charge in [-0.1, -0.05) is 62.1 Å². The minimum atomic E-state index is -0.339. The van der Waals surface area contributed by atoms with E-state index in [1.54, 1.807) is 18.3 Å². The van der Waals surface area contributed by atoms with Crippen molar-refractivity contribution in [3.8, 4) is 23.1 Å². The molecule has 2 aliphatic rings. The number of hydrogen-bond donors (Lipinski definition) is 0. The van der Waals surface area contributed by atoms with Crippen molar-refractivity contribution < 1.29 is 19.0 Å². The van der Waals surface area contributed by atoms with Gasteiger partial charge in [0.1, 0.15) is 21.3 Å². The van der Waals surface area contributed by atoms with Crippen LogP contribution in [-0.2, 0) is 11.3 Å². The van der Waals surface area contributed by atoms with Crippen LogP contribution in [0.25, 0.3) is 11.7 Å². The molecule has 41 heavy (non-hydrogen) atoms. The first-order chi connectivity index (χ1) is 19.7. The van der Waals surface area contributed by atoms with Crippen molar-refractivity contribution in [3.63, 3.8) is 0 Å². The molecule has 4 heterocycles. The van der Waals surface area contributed by atoms with Gasteiger partial charge >= 0.3 is 0 Å². The smallest absolute Gasteiger partial charge is 0.269 e. The molecule has 1 saturated heterocycles. The van der Waals surface area contributed by atoms with Gasteiger partial charge in [-0.15, -0.1) is 0 Å². The summed E-state index contributed by atoms with van der Waals surface area (Å²) in [6.45, 7) is 8.46. The predicted molar refractivity (Wildman–Crippen MR) is 163 cm³/mol. The van der Waals surface area contributed by atoms with Gasteiger partial charge < -0.3 is 14.2 Å². The molecule has 2 aliphatic heterocycles. The lowest BCUT2D eigenvalue weighted by Crippen LogP contribution is -2.27. The second kappa shape index (κ2) is 10.7. The minimum Gasteiger partial charge on any atom is -0.454 e. The van der Waals surface area contributed by atoms with E-state index < -0.39 is 0 Å². The molecule has 2 aromatic carbocycles. The molecule has 10 heteroatoms. The lowest BCUT2D eigenvalue weighted by molar-refractivity contribution is -0.122. The number of aromatic nitrogens is 2. The van der Waals surface area contributed by atoms with E-state index in [9.17, 15) is 9.59 Å². The molecule has 0 atom stereocenters. The van der Waals surface area contributed by atoms with Crippen molar-refractivity contribution in [1.29, 1.82) is 0 Å². The molecule has 1 amide bonds. The molecule has 8 nitrogen and oxygen atoms in total. The maximum absolute atomic E-state index is 13.8. The Morgan fingerprint density at radius 3 is 2.71 bits per heavy atom. The molecule has 0 saturated carbocycles. The normalized spacial score (nSPS) is 15.5. The van der Waals surface area contributed by atoms with Crippen LogP contribution >= 0.6 is 24.0 Å². The summed E-state index contributed by atoms with van der Waals surface area (Å²) in [6, 6.07) is 15.2. The summed E-state index contributed by atoms with van der Waals surface area (Å²) in [4.78, 5) is 34.0. The molecule has 4 aromatic rings. The fraction of sp³-hybridized carbons (Fsp3) is 0.226. The number of ether oxygens (including phenoxy) is 3. The molecular weight excluding hydrogens is 558 g/mol. The van der Waals surface area contributed by atoms with Crippen LogP contribution in [0.1, 0.15) is 47.6 Å². The quantitative estimate of drug-likeness (QED) is 0.191. The molecule has 0 N–H and O–H groups in total. The van der Waals surface area contributed by atoms with Gasteiger partial charge in [0.25, 0.3) is 11.5 Å². The van der Waals surface area contributed by atoms with Gasteiger partial charge in [0.15, 0.2) is 11.5 Å². The highest BCUT2D eigenvalue weighted by molar-refractivity contribution is 8.26. The van der Waals surface area contributed by atoms with E-state index >= 15 is 0 Å². The van der Waals surface area contributed by atoms with Crippen molar-refractivity contribution in [2.45, 2.75) is 40.2 Å². The Labute approximate surface area is 246 Å². The lowest BCUT2D eigenvalue weighted by atomic mass is 10.0. The van der Waals surface area contributed by atoms with Gasteiger partial charge in [0.2, 0.25) is 12.7 Å². The minimum absolute atomic E-state index is 0.137. The van der Waals surface area contributed by atoms with Crippen molar-refractivity contribution in [2.75, 3.05) is 6.79 Å². The zero-order chi connectivity index (χ0) is 28.8. The van der Waals surface area contributed by atoms with Gasteiger partial charge in [-0.25, -0.2) is 0 Å². The molecule has 2 aromatic heterocycles. The Hall–Kier alpha value is -4.15. The lowest BCUT2D eigenvalue weighted by Gasteiger charge is -2.16. The average molecular weight is 586 g/mol. The first kappa shape index (κ1) is 27.0. The molecular formula is C31H27N3O5S2. The van der Waals surface area contributed by atoms with Gasteiger partial charge in [0.05, 0.1) is 11.4 Å². The van der Waals surface area contributed by atoms with E-state index in [1.165, 1.54) is 9.30 Å². The SMILES string of the molecule is Cc1ccc(C(C)C)c(Oc2nc3c(C)cccn3c(=O)c2/C=C2/SC(=S)N(Cc3ccc4c(c3)OCO4)C2=O)c1. The summed E-state index contributed by atoms with van der Waals surface area (Å²) in [5, 5.41) is 0. The molecule has 0 aliphatic carbocycles. The predicted octanol–water partition coefficient (Wildman–Crippen LogP) is 6.36. The van der Waals surface area contributed by atoms with Crippen LogP contribution in [0, 0.1) is 13.8 Å². The van der Waals surface area contributed by atoms with E-state index in [-0.39, 0.29) is 42.2 Å². The largest absolute Gasteiger partial charge is 0.454 e. The van der Waals surface area contributed by atoms with Crippen molar-refractivity contribution in [3.05, 3.63) is 97.8 Å². The van der Waals surface area contributed by atoms with Crippen LogP contribution < -0.4 is 19.8 Å². The fourth-order valence-electron chi connectivity index (χ4n) is 4.79. The highest BCUT2D eigenvalue weighted by Crippen LogP contribution is 2.38. The van der Waals surface area contributed by atoms with E-state index in [2.05, 4.69) is 13.8 Å². The van der Waals surface area contributed by atoms with E-state index in [4.69, 9.17) is 31.4 Å². The third-order valence-electron chi connectivity index (χ3n) is 6.97. The number of amides is 1. The van der Waals surface area contributed by atoms with Crippen molar-refractivity contribution >= 4 is 45.9 Å². The highest BCUT2D eigenvalue weighted by atomic mass is 32.2. The molecule has 0 radical (unpaired) electrons. The van der Waals surface area contributed by atoms with Crippen LogP contribution in [-0.4, -0.2) is 31.3 Å². The van der Waals surface area contributed by atoms with Crippen molar-refractivity contribution in [2.24, 2.45) is 0 Å². The zero-order valence-electron chi connectivity index (χ0n) is 23.0. The number of benzene rings is 2. The summed E-state index contributed by atoms with van der Waals surface area (Å²) in [5.74, 6) is 1.95. The van der Waals surface area contributed by atoms with Gasteiger partial charge in [-0.3, -0.25) is 18.9 Å². The van der Waals surface area contributed by atoms with Crippen LogP contribution in [0.3, 0.4) is 0 Å². The van der Waals surface area contributed by atoms with Crippen LogP contribution in [0.4, 0.5) is 0 Å². The summed E-state index contributed by atoms with van der Waals surface area (Å²) < 4.78 is 19.1. The third kappa shape index (κ3) is 5.09. The second-order valence-electron chi connectivity index (χ2n) is 10.3. The number of hydrogen-bond acceptors (Lipinski definition) is 8.